The number of nitrogens with zero attached hydrogens (tertiary/aromatic N) is 3. The molecule has 0 amide bonds. The lowest BCUT2D eigenvalue weighted by Gasteiger charge is -2.22. The molecule has 0 N–H and O–H groups in total. The third kappa shape index (κ3) is 1.59. The molecule has 1 saturated heterocycles. The maximum Gasteiger partial charge on any atom is 0.160 e. The average molecular weight is 217 g/mol. The van der Waals surface area contributed by atoms with Crippen molar-refractivity contribution in [2.45, 2.75) is 32.4 Å². The van der Waals surface area contributed by atoms with Crippen molar-refractivity contribution >= 4 is 11.0 Å². The van der Waals surface area contributed by atoms with Gasteiger partial charge in [-0.1, -0.05) is 0 Å². The lowest BCUT2D eigenvalue weighted by molar-refractivity contribution is -0.0370. The molecule has 84 valence electrons. The standard InChI is InChI=1S/C12H15N3O/c1-9-6-10-8-14-15(12(10)13-7-9)11-4-2-3-5-16-11/h6-8,11H,2-5H2,1H3. The van der Waals surface area contributed by atoms with Gasteiger partial charge in [-0.05, 0) is 37.8 Å². The van der Waals surface area contributed by atoms with E-state index in [0.29, 0.717) is 0 Å². The molecular formula is C12H15N3O. The summed E-state index contributed by atoms with van der Waals surface area (Å²) in [6.45, 7) is 2.87. The van der Waals surface area contributed by atoms with Gasteiger partial charge < -0.3 is 4.74 Å². The Bertz CT molecular complexity index is 500. The summed E-state index contributed by atoms with van der Waals surface area (Å²) in [5, 5.41) is 5.48. The molecule has 0 radical (unpaired) electrons. The average Bonchev–Trinajstić information content (AvgIpc) is 2.73. The zero-order valence-corrected chi connectivity index (χ0v) is 9.39. The highest BCUT2D eigenvalue weighted by molar-refractivity contribution is 5.74. The van der Waals surface area contributed by atoms with Crippen LogP contribution in [0.1, 0.15) is 31.1 Å². The number of hydrogen-bond donors (Lipinski definition) is 0. The number of hydrogen-bond acceptors (Lipinski definition) is 3. The summed E-state index contributed by atoms with van der Waals surface area (Å²) in [7, 11) is 0. The van der Waals surface area contributed by atoms with Gasteiger partial charge in [0.1, 0.15) is 0 Å². The summed E-state index contributed by atoms with van der Waals surface area (Å²) < 4.78 is 7.63. The van der Waals surface area contributed by atoms with Crippen LogP contribution in [0.2, 0.25) is 0 Å². The van der Waals surface area contributed by atoms with E-state index in [9.17, 15) is 0 Å². The Kier molecular flexibility index (Phi) is 2.36. The van der Waals surface area contributed by atoms with Crippen molar-refractivity contribution in [1.82, 2.24) is 14.8 Å². The molecule has 4 heteroatoms. The van der Waals surface area contributed by atoms with E-state index in [1.807, 2.05) is 24.0 Å². The van der Waals surface area contributed by atoms with E-state index in [1.54, 1.807) is 0 Å². The van der Waals surface area contributed by atoms with E-state index >= 15 is 0 Å². The molecular weight excluding hydrogens is 202 g/mol. The Morgan fingerprint density at radius 2 is 2.31 bits per heavy atom. The van der Waals surface area contributed by atoms with Gasteiger partial charge in [0, 0.05) is 18.2 Å². The molecule has 0 aliphatic carbocycles. The molecule has 0 aromatic carbocycles. The number of rotatable bonds is 1. The first kappa shape index (κ1) is 9.78. The largest absolute Gasteiger partial charge is 0.356 e. The number of aromatic nitrogens is 3. The second-order valence-electron chi connectivity index (χ2n) is 4.34. The van der Waals surface area contributed by atoms with Crippen LogP contribution in [0.25, 0.3) is 11.0 Å². The minimum Gasteiger partial charge on any atom is -0.356 e. The number of pyridine rings is 1. The second-order valence-corrected chi connectivity index (χ2v) is 4.34. The first-order chi connectivity index (χ1) is 7.84. The molecule has 1 aliphatic heterocycles. The summed E-state index contributed by atoms with van der Waals surface area (Å²) >= 11 is 0. The summed E-state index contributed by atoms with van der Waals surface area (Å²) in [6, 6.07) is 2.11. The van der Waals surface area contributed by atoms with Gasteiger partial charge in [0.25, 0.3) is 0 Å². The Balaban J connectivity index is 2.03. The fourth-order valence-corrected chi connectivity index (χ4v) is 2.18. The van der Waals surface area contributed by atoms with Gasteiger partial charge in [-0.2, -0.15) is 5.10 Å². The fourth-order valence-electron chi connectivity index (χ4n) is 2.18. The first-order valence-corrected chi connectivity index (χ1v) is 5.76. The zero-order chi connectivity index (χ0) is 11.0. The SMILES string of the molecule is Cc1cnc2c(cnn2C2CCCCO2)c1. The van der Waals surface area contributed by atoms with Gasteiger partial charge in [0.2, 0.25) is 0 Å². The van der Waals surface area contributed by atoms with Crippen LogP contribution in [-0.4, -0.2) is 21.4 Å². The van der Waals surface area contributed by atoms with Gasteiger partial charge in [0.15, 0.2) is 11.9 Å². The van der Waals surface area contributed by atoms with Gasteiger partial charge in [-0.25, -0.2) is 9.67 Å². The molecule has 16 heavy (non-hydrogen) atoms. The van der Waals surface area contributed by atoms with Crippen molar-refractivity contribution in [1.29, 1.82) is 0 Å². The minimum absolute atomic E-state index is 0.0708. The van der Waals surface area contributed by atoms with E-state index < -0.39 is 0 Å². The number of ether oxygens (including phenoxy) is 1. The van der Waals surface area contributed by atoms with Crippen LogP contribution in [0.5, 0.6) is 0 Å². The molecule has 1 atom stereocenters. The maximum absolute atomic E-state index is 5.72. The van der Waals surface area contributed by atoms with Crippen molar-refractivity contribution in [3.8, 4) is 0 Å². The van der Waals surface area contributed by atoms with Crippen molar-refractivity contribution in [2.24, 2.45) is 0 Å². The maximum atomic E-state index is 5.72. The van der Waals surface area contributed by atoms with Crippen molar-refractivity contribution < 1.29 is 4.74 Å². The van der Waals surface area contributed by atoms with Crippen LogP contribution < -0.4 is 0 Å². The predicted octanol–water partition coefficient (Wildman–Crippen LogP) is 2.44. The van der Waals surface area contributed by atoms with E-state index in [0.717, 1.165) is 36.0 Å². The molecule has 0 saturated carbocycles. The number of fused-ring (bicyclic) bond motifs is 1. The van der Waals surface area contributed by atoms with Crippen LogP contribution in [0, 0.1) is 6.92 Å². The molecule has 2 aromatic rings. The van der Waals surface area contributed by atoms with Crippen LogP contribution >= 0.6 is 0 Å². The van der Waals surface area contributed by atoms with E-state index in [2.05, 4.69) is 16.1 Å². The Labute approximate surface area is 94.2 Å². The highest BCUT2D eigenvalue weighted by Gasteiger charge is 2.18. The highest BCUT2D eigenvalue weighted by atomic mass is 16.5. The van der Waals surface area contributed by atoms with Crippen LogP contribution in [0.4, 0.5) is 0 Å². The first-order valence-electron chi connectivity index (χ1n) is 5.76. The lowest BCUT2D eigenvalue weighted by atomic mass is 10.2. The van der Waals surface area contributed by atoms with Crippen molar-refractivity contribution in [3.05, 3.63) is 24.0 Å². The molecule has 1 fully saturated rings. The quantitative estimate of drug-likeness (QED) is 0.736. The Morgan fingerprint density at radius 3 is 3.12 bits per heavy atom. The zero-order valence-electron chi connectivity index (χ0n) is 9.39. The Morgan fingerprint density at radius 1 is 1.38 bits per heavy atom. The number of aryl methyl sites for hydroxylation is 1. The monoisotopic (exact) mass is 217 g/mol. The van der Waals surface area contributed by atoms with Gasteiger partial charge in [0.05, 0.1) is 6.20 Å². The van der Waals surface area contributed by atoms with E-state index in [1.165, 1.54) is 6.42 Å². The summed E-state index contributed by atoms with van der Waals surface area (Å²) in [4.78, 5) is 4.44. The molecule has 1 aliphatic rings. The van der Waals surface area contributed by atoms with Crippen molar-refractivity contribution in [3.63, 3.8) is 0 Å². The predicted molar refractivity (Wildman–Crippen MR) is 61.1 cm³/mol. The third-order valence-electron chi connectivity index (χ3n) is 3.00. The van der Waals surface area contributed by atoms with E-state index in [-0.39, 0.29) is 6.23 Å². The molecule has 0 bridgehead atoms. The summed E-state index contributed by atoms with van der Waals surface area (Å²) in [6.07, 6.45) is 7.21. The lowest BCUT2D eigenvalue weighted by Crippen LogP contribution is -2.19. The van der Waals surface area contributed by atoms with Crippen LogP contribution in [0.15, 0.2) is 18.5 Å². The summed E-state index contributed by atoms with van der Waals surface area (Å²) in [5.74, 6) is 0. The van der Waals surface area contributed by atoms with Crippen LogP contribution in [0.3, 0.4) is 0 Å². The smallest absolute Gasteiger partial charge is 0.160 e. The van der Waals surface area contributed by atoms with Crippen molar-refractivity contribution in [2.75, 3.05) is 6.61 Å². The normalized spacial score (nSPS) is 21.4. The molecule has 3 heterocycles. The molecule has 3 rings (SSSR count). The summed E-state index contributed by atoms with van der Waals surface area (Å²) in [5.41, 5.74) is 2.09. The fraction of sp³-hybridized carbons (Fsp3) is 0.500. The molecule has 1 unspecified atom stereocenters. The topological polar surface area (TPSA) is 39.9 Å². The second kappa shape index (κ2) is 3.87. The minimum atomic E-state index is 0.0708. The third-order valence-corrected chi connectivity index (χ3v) is 3.00. The molecule has 0 spiro atoms. The van der Waals surface area contributed by atoms with Gasteiger partial charge >= 0.3 is 0 Å². The molecule has 4 nitrogen and oxygen atoms in total. The Hall–Kier alpha value is -1.42. The van der Waals surface area contributed by atoms with Gasteiger partial charge in [-0.3, -0.25) is 0 Å². The van der Waals surface area contributed by atoms with Crippen LogP contribution in [-0.2, 0) is 4.74 Å². The van der Waals surface area contributed by atoms with E-state index in [4.69, 9.17) is 4.74 Å². The highest BCUT2D eigenvalue weighted by Crippen LogP contribution is 2.25. The van der Waals surface area contributed by atoms with Gasteiger partial charge in [-0.15, -0.1) is 0 Å². The molecule has 2 aromatic heterocycles.